The summed E-state index contributed by atoms with van der Waals surface area (Å²) in [6.45, 7) is 3.33. The highest BCUT2D eigenvalue weighted by Gasteiger charge is 2.22. The van der Waals surface area contributed by atoms with Crippen LogP contribution in [0.25, 0.3) is 0 Å². The molecule has 0 spiro atoms. The number of hydrogen-bond donors (Lipinski definition) is 2. The van der Waals surface area contributed by atoms with Crippen molar-refractivity contribution in [2.24, 2.45) is 5.92 Å². The van der Waals surface area contributed by atoms with E-state index in [1.54, 1.807) is 26.0 Å². The van der Waals surface area contributed by atoms with E-state index in [2.05, 4.69) is 4.72 Å². The molecule has 0 fully saturated rings. The Morgan fingerprint density at radius 1 is 1.47 bits per heavy atom. The Bertz CT molecular complexity index is 571. The van der Waals surface area contributed by atoms with Crippen molar-refractivity contribution in [3.8, 4) is 0 Å². The highest BCUT2D eigenvalue weighted by Crippen LogP contribution is 2.22. The van der Waals surface area contributed by atoms with Gasteiger partial charge in [0, 0.05) is 6.54 Å². The molecule has 5 nitrogen and oxygen atoms in total. The molecule has 1 aromatic rings. The SMILES string of the molecule is CCC(CNS(=O)(=O)c1ccc(C)cc1Cl)C(=O)O. The van der Waals surface area contributed by atoms with Gasteiger partial charge in [-0.2, -0.15) is 0 Å². The molecule has 0 aliphatic rings. The van der Waals surface area contributed by atoms with Crippen LogP contribution in [-0.2, 0) is 14.8 Å². The summed E-state index contributed by atoms with van der Waals surface area (Å²) in [5.74, 6) is -1.78. The van der Waals surface area contributed by atoms with Crippen LogP contribution in [0.3, 0.4) is 0 Å². The first-order valence-electron chi connectivity index (χ1n) is 5.76. The number of hydrogen-bond acceptors (Lipinski definition) is 3. The first-order chi connectivity index (χ1) is 8.77. The first kappa shape index (κ1) is 15.9. The number of carbonyl (C=O) groups is 1. The Hall–Kier alpha value is -1.11. The van der Waals surface area contributed by atoms with E-state index in [1.807, 2.05) is 0 Å². The molecule has 0 amide bonds. The van der Waals surface area contributed by atoms with Gasteiger partial charge in [0.25, 0.3) is 0 Å². The zero-order valence-corrected chi connectivity index (χ0v) is 12.3. The fraction of sp³-hybridized carbons (Fsp3) is 0.417. The fourth-order valence-corrected chi connectivity index (χ4v) is 3.20. The van der Waals surface area contributed by atoms with E-state index in [-0.39, 0.29) is 16.5 Å². The monoisotopic (exact) mass is 305 g/mol. The van der Waals surface area contributed by atoms with Crippen LogP contribution in [0.1, 0.15) is 18.9 Å². The summed E-state index contributed by atoms with van der Waals surface area (Å²) in [5.41, 5.74) is 0.848. The van der Waals surface area contributed by atoms with Crippen molar-refractivity contribution in [3.63, 3.8) is 0 Å². The molecule has 0 saturated carbocycles. The van der Waals surface area contributed by atoms with Gasteiger partial charge in [-0.1, -0.05) is 24.6 Å². The molecule has 0 aliphatic carbocycles. The molecule has 0 saturated heterocycles. The zero-order chi connectivity index (χ0) is 14.6. The first-order valence-corrected chi connectivity index (χ1v) is 7.62. The molecule has 0 aromatic heterocycles. The lowest BCUT2D eigenvalue weighted by Gasteiger charge is -2.12. The van der Waals surface area contributed by atoms with Crippen molar-refractivity contribution < 1.29 is 18.3 Å². The Balaban J connectivity index is 2.90. The van der Waals surface area contributed by atoms with Gasteiger partial charge >= 0.3 is 5.97 Å². The molecule has 2 N–H and O–H groups in total. The van der Waals surface area contributed by atoms with Gasteiger partial charge in [0.15, 0.2) is 0 Å². The molecule has 0 radical (unpaired) electrons. The third-order valence-electron chi connectivity index (χ3n) is 2.74. The summed E-state index contributed by atoms with van der Waals surface area (Å²) in [7, 11) is -3.79. The second-order valence-corrected chi connectivity index (χ2v) is 6.37. The molecule has 106 valence electrons. The Labute approximate surface area is 117 Å². The largest absolute Gasteiger partial charge is 0.481 e. The number of nitrogens with one attached hydrogen (secondary N) is 1. The second kappa shape index (κ2) is 6.36. The highest BCUT2D eigenvalue weighted by molar-refractivity contribution is 7.89. The van der Waals surface area contributed by atoms with Crippen molar-refractivity contribution in [1.82, 2.24) is 4.72 Å². The summed E-state index contributed by atoms with van der Waals surface area (Å²) >= 11 is 5.89. The molecular weight excluding hydrogens is 290 g/mol. The van der Waals surface area contributed by atoms with Crippen LogP contribution in [0, 0.1) is 12.8 Å². The maximum absolute atomic E-state index is 12.0. The minimum atomic E-state index is -3.79. The Morgan fingerprint density at radius 2 is 2.11 bits per heavy atom. The van der Waals surface area contributed by atoms with Crippen LogP contribution in [0.5, 0.6) is 0 Å². The molecule has 1 unspecified atom stereocenters. The fourth-order valence-electron chi connectivity index (χ4n) is 1.52. The van der Waals surface area contributed by atoms with E-state index >= 15 is 0 Å². The molecule has 0 aliphatic heterocycles. The highest BCUT2D eigenvalue weighted by atomic mass is 35.5. The average Bonchev–Trinajstić information content (AvgIpc) is 2.28. The Kier molecular flexibility index (Phi) is 5.34. The van der Waals surface area contributed by atoms with Gasteiger partial charge in [-0.05, 0) is 31.0 Å². The molecule has 1 rings (SSSR count). The maximum atomic E-state index is 12.0. The number of carboxylic acid groups (broad SMARTS) is 1. The lowest BCUT2D eigenvalue weighted by Crippen LogP contribution is -2.32. The molecule has 1 aromatic carbocycles. The Morgan fingerprint density at radius 3 is 2.58 bits per heavy atom. The van der Waals surface area contributed by atoms with Crippen molar-refractivity contribution in [2.45, 2.75) is 25.2 Å². The minimum Gasteiger partial charge on any atom is -0.481 e. The van der Waals surface area contributed by atoms with Gasteiger partial charge in [0.2, 0.25) is 10.0 Å². The molecule has 0 heterocycles. The summed E-state index contributed by atoms with van der Waals surface area (Å²) in [4.78, 5) is 10.8. The average molecular weight is 306 g/mol. The van der Waals surface area contributed by atoms with E-state index < -0.39 is 21.9 Å². The predicted octanol–water partition coefficient (Wildman–Crippen LogP) is 2.04. The van der Waals surface area contributed by atoms with Gasteiger partial charge in [-0.3, -0.25) is 4.79 Å². The number of halogens is 1. The number of benzene rings is 1. The van der Waals surface area contributed by atoms with Crippen LogP contribution in [0.4, 0.5) is 0 Å². The smallest absolute Gasteiger partial charge is 0.307 e. The molecule has 1 atom stereocenters. The van der Waals surface area contributed by atoms with Crippen LogP contribution in [0.15, 0.2) is 23.1 Å². The van der Waals surface area contributed by atoms with E-state index in [0.717, 1.165) is 5.56 Å². The molecule has 7 heteroatoms. The number of sulfonamides is 1. The molecular formula is C12H16ClNO4S. The normalized spacial score (nSPS) is 13.2. The molecule has 0 bridgehead atoms. The lowest BCUT2D eigenvalue weighted by molar-refractivity contribution is -0.141. The van der Waals surface area contributed by atoms with Crippen molar-refractivity contribution in [2.75, 3.05) is 6.54 Å². The maximum Gasteiger partial charge on any atom is 0.307 e. The molecule has 19 heavy (non-hydrogen) atoms. The van der Waals surface area contributed by atoms with Crippen molar-refractivity contribution in [3.05, 3.63) is 28.8 Å². The standard InChI is InChI=1S/C12H16ClNO4S/c1-3-9(12(15)16)7-14-19(17,18)11-5-4-8(2)6-10(11)13/h4-6,9,14H,3,7H2,1-2H3,(H,15,16). The number of rotatable bonds is 6. The van der Waals surface area contributed by atoms with Crippen LogP contribution in [0.2, 0.25) is 5.02 Å². The number of aryl methyl sites for hydroxylation is 1. The van der Waals surface area contributed by atoms with Crippen molar-refractivity contribution in [1.29, 1.82) is 0 Å². The number of carboxylic acids is 1. The van der Waals surface area contributed by atoms with E-state index in [4.69, 9.17) is 16.7 Å². The third-order valence-corrected chi connectivity index (χ3v) is 4.65. The van der Waals surface area contributed by atoms with Crippen molar-refractivity contribution >= 4 is 27.6 Å². The summed E-state index contributed by atoms with van der Waals surface area (Å²) in [5, 5.41) is 8.99. The van der Waals surface area contributed by atoms with Crippen LogP contribution in [-0.4, -0.2) is 26.0 Å². The summed E-state index contributed by atoms with van der Waals surface area (Å²) in [6, 6.07) is 4.58. The van der Waals surface area contributed by atoms with E-state index in [9.17, 15) is 13.2 Å². The second-order valence-electron chi connectivity index (χ2n) is 4.23. The third kappa shape index (κ3) is 4.19. The topological polar surface area (TPSA) is 83.5 Å². The van der Waals surface area contributed by atoms with Crippen LogP contribution < -0.4 is 4.72 Å². The summed E-state index contributed by atoms with van der Waals surface area (Å²) < 4.78 is 26.3. The quantitative estimate of drug-likeness (QED) is 0.842. The van der Waals surface area contributed by atoms with Gasteiger partial charge in [-0.15, -0.1) is 0 Å². The lowest BCUT2D eigenvalue weighted by atomic mass is 10.1. The number of aliphatic carboxylic acids is 1. The summed E-state index contributed by atoms with van der Waals surface area (Å²) in [6.07, 6.45) is 0.347. The van der Waals surface area contributed by atoms with Gasteiger partial charge in [0.1, 0.15) is 4.90 Å². The van der Waals surface area contributed by atoms with Crippen LogP contribution >= 0.6 is 11.6 Å². The van der Waals surface area contributed by atoms with E-state index in [1.165, 1.54) is 6.07 Å². The zero-order valence-electron chi connectivity index (χ0n) is 10.7. The predicted molar refractivity (Wildman–Crippen MR) is 72.8 cm³/mol. The van der Waals surface area contributed by atoms with Gasteiger partial charge < -0.3 is 5.11 Å². The van der Waals surface area contributed by atoms with Gasteiger partial charge in [0.05, 0.1) is 10.9 Å². The minimum absolute atomic E-state index is 0.0417. The van der Waals surface area contributed by atoms with E-state index in [0.29, 0.717) is 6.42 Å². The van der Waals surface area contributed by atoms with Gasteiger partial charge in [-0.25, -0.2) is 13.1 Å².